The molecule has 15 heavy (non-hydrogen) atoms. The molecule has 5 heteroatoms. The van der Waals surface area contributed by atoms with Gasteiger partial charge in [-0.1, -0.05) is 25.4 Å². The molecule has 1 aromatic heterocycles. The van der Waals surface area contributed by atoms with E-state index < -0.39 is 0 Å². The summed E-state index contributed by atoms with van der Waals surface area (Å²) in [6, 6.07) is 0.340. The molecule has 1 aromatic rings. The number of rotatable bonds is 2. The molecule has 84 valence electrons. The highest BCUT2D eigenvalue weighted by Crippen LogP contribution is 2.22. The summed E-state index contributed by atoms with van der Waals surface area (Å²) in [6.07, 6.45) is 1.50. The van der Waals surface area contributed by atoms with Gasteiger partial charge in [0.25, 0.3) is 0 Å². The minimum atomic E-state index is 0.340. The second kappa shape index (κ2) is 5.88. The minimum Gasteiger partial charge on any atom is -0.377 e. The summed E-state index contributed by atoms with van der Waals surface area (Å²) in [4.78, 5) is 8.03. The lowest BCUT2D eigenvalue weighted by Crippen LogP contribution is -2.40. The van der Waals surface area contributed by atoms with Crippen LogP contribution in [0, 0.1) is 6.92 Å². The quantitative estimate of drug-likeness (QED) is 0.845. The number of hydrogen-bond donors (Lipinski definition) is 1. The van der Waals surface area contributed by atoms with Gasteiger partial charge in [0.1, 0.15) is 17.2 Å². The van der Waals surface area contributed by atoms with E-state index in [4.69, 9.17) is 16.3 Å². The summed E-state index contributed by atoms with van der Waals surface area (Å²) in [5.41, 5.74) is 0.791. The van der Waals surface area contributed by atoms with Gasteiger partial charge in [0, 0.05) is 0 Å². The molecule has 1 aliphatic rings. The molecule has 1 N–H and O–H groups in total. The van der Waals surface area contributed by atoms with Crippen LogP contribution in [0.1, 0.15) is 19.5 Å². The summed E-state index contributed by atoms with van der Waals surface area (Å²) < 4.78 is 5.03. The van der Waals surface area contributed by atoms with Gasteiger partial charge in [-0.3, -0.25) is 0 Å². The molecule has 0 amide bonds. The third-order valence-electron chi connectivity index (χ3n) is 1.94. The molecule has 0 radical (unpaired) electrons. The van der Waals surface area contributed by atoms with Crippen molar-refractivity contribution in [3.8, 4) is 0 Å². The van der Waals surface area contributed by atoms with Gasteiger partial charge in [-0.05, 0) is 6.92 Å². The first-order chi connectivity index (χ1) is 7.27. The van der Waals surface area contributed by atoms with Gasteiger partial charge in [0.05, 0.1) is 24.9 Å². The predicted molar refractivity (Wildman–Crippen MR) is 61.4 cm³/mol. The lowest BCUT2D eigenvalue weighted by Gasteiger charge is -2.27. The lowest BCUT2D eigenvalue weighted by molar-refractivity contribution is 0.0209. The smallest absolute Gasteiger partial charge is 0.148 e. The van der Waals surface area contributed by atoms with Crippen molar-refractivity contribution in [3.05, 3.63) is 17.0 Å². The Hall–Kier alpha value is -0.870. The minimum absolute atomic E-state index is 0.340. The van der Waals surface area contributed by atoms with Crippen LogP contribution in [-0.2, 0) is 4.74 Å². The molecule has 0 atom stereocenters. The molecule has 2 heterocycles. The van der Waals surface area contributed by atoms with Crippen molar-refractivity contribution in [2.75, 3.05) is 18.5 Å². The molecule has 0 spiro atoms. The summed E-state index contributed by atoms with van der Waals surface area (Å²) in [5.74, 6) is 0.697. The van der Waals surface area contributed by atoms with Crippen LogP contribution in [0.15, 0.2) is 6.33 Å². The molecule has 0 aliphatic carbocycles. The van der Waals surface area contributed by atoms with E-state index >= 15 is 0 Å². The highest BCUT2D eigenvalue weighted by Gasteiger charge is 2.19. The molecule has 1 aliphatic heterocycles. The summed E-state index contributed by atoms with van der Waals surface area (Å²) in [7, 11) is 0. The molecule has 4 nitrogen and oxygen atoms in total. The van der Waals surface area contributed by atoms with Crippen molar-refractivity contribution < 1.29 is 4.74 Å². The summed E-state index contributed by atoms with van der Waals surface area (Å²) >= 11 is 5.99. The van der Waals surface area contributed by atoms with Crippen LogP contribution in [0.2, 0.25) is 5.02 Å². The molecule has 0 saturated carbocycles. The first-order valence-corrected chi connectivity index (χ1v) is 5.46. The number of aromatic nitrogens is 2. The highest BCUT2D eigenvalue weighted by molar-refractivity contribution is 6.33. The second-order valence-electron chi connectivity index (χ2n) is 3.00. The first-order valence-electron chi connectivity index (χ1n) is 5.09. The Labute approximate surface area is 95.0 Å². The number of aryl methyl sites for hydroxylation is 1. The Kier molecular flexibility index (Phi) is 4.78. The fraction of sp³-hybridized carbons (Fsp3) is 0.600. The highest BCUT2D eigenvalue weighted by atomic mass is 35.5. The van der Waals surface area contributed by atoms with E-state index in [1.165, 1.54) is 6.33 Å². The number of halogens is 1. The van der Waals surface area contributed by atoms with Gasteiger partial charge in [-0.15, -0.1) is 0 Å². The number of ether oxygens (including phenoxy) is 1. The molecular formula is C10H16ClN3O. The van der Waals surface area contributed by atoms with Gasteiger partial charge in [-0.2, -0.15) is 0 Å². The Balaban J connectivity index is 0.000000531. The second-order valence-corrected chi connectivity index (χ2v) is 3.38. The van der Waals surface area contributed by atoms with Crippen molar-refractivity contribution >= 4 is 17.4 Å². The van der Waals surface area contributed by atoms with Crippen LogP contribution in [0.5, 0.6) is 0 Å². The Bertz CT molecular complexity index is 316. The van der Waals surface area contributed by atoms with Crippen LogP contribution in [-0.4, -0.2) is 29.2 Å². The maximum Gasteiger partial charge on any atom is 0.148 e. The zero-order valence-electron chi connectivity index (χ0n) is 9.25. The number of nitrogens with one attached hydrogen (secondary N) is 1. The van der Waals surface area contributed by atoms with E-state index in [1.54, 1.807) is 0 Å². The van der Waals surface area contributed by atoms with E-state index in [0.717, 1.165) is 18.9 Å². The van der Waals surface area contributed by atoms with E-state index in [-0.39, 0.29) is 0 Å². The van der Waals surface area contributed by atoms with E-state index in [2.05, 4.69) is 15.3 Å². The SMILES string of the molecule is CC.Cc1ncnc(NC2COC2)c1Cl. The molecule has 0 aromatic carbocycles. The fourth-order valence-corrected chi connectivity index (χ4v) is 1.22. The van der Waals surface area contributed by atoms with Gasteiger partial charge in [-0.25, -0.2) is 9.97 Å². The van der Waals surface area contributed by atoms with Crippen molar-refractivity contribution in [3.63, 3.8) is 0 Å². The third kappa shape index (κ3) is 3.04. The van der Waals surface area contributed by atoms with Gasteiger partial charge in [0.2, 0.25) is 0 Å². The fourth-order valence-electron chi connectivity index (χ4n) is 1.07. The van der Waals surface area contributed by atoms with Gasteiger partial charge >= 0.3 is 0 Å². The summed E-state index contributed by atoms with van der Waals surface area (Å²) in [6.45, 7) is 7.30. The molecule has 0 bridgehead atoms. The Morgan fingerprint density at radius 3 is 2.60 bits per heavy atom. The van der Waals surface area contributed by atoms with Crippen molar-refractivity contribution in [2.45, 2.75) is 26.8 Å². The standard InChI is InChI=1S/C8H10ClN3O.C2H6/c1-5-7(9)8(11-4-10-5)12-6-2-13-3-6;1-2/h4,6H,2-3H2,1H3,(H,10,11,12);1-2H3. The van der Waals surface area contributed by atoms with E-state index in [1.807, 2.05) is 20.8 Å². The lowest BCUT2D eigenvalue weighted by atomic mass is 10.2. The van der Waals surface area contributed by atoms with Gasteiger partial charge in [0.15, 0.2) is 0 Å². The maximum absolute atomic E-state index is 5.99. The average Bonchev–Trinajstić information content (AvgIpc) is 2.21. The monoisotopic (exact) mass is 229 g/mol. The van der Waals surface area contributed by atoms with Crippen molar-refractivity contribution in [2.24, 2.45) is 0 Å². The molecule has 1 fully saturated rings. The van der Waals surface area contributed by atoms with Gasteiger partial charge < -0.3 is 10.1 Å². The normalized spacial score (nSPS) is 14.9. The maximum atomic E-state index is 5.99. The van der Waals surface area contributed by atoms with E-state index in [0.29, 0.717) is 16.9 Å². The molecule has 1 saturated heterocycles. The Morgan fingerprint density at radius 2 is 2.07 bits per heavy atom. The first kappa shape index (κ1) is 12.2. The summed E-state index contributed by atoms with van der Waals surface area (Å²) in [5, 5.41) is 3.77. The van der Waals surface area contributed by atoms with Crippen molar-refractivity contribution in [1.29, 1.82) is 0 Å². The number of anilines is 1. The molecule has 0 unspecified atom stereocenters. The zero-order valence-corrected chi connectivity index (χ0v) is 10.0. The largest absolute Gasteiger partial charge is 0.377 e. The van der Waals surface area contributed by atoms with Crippen molar-refractivity contribution in [1.82, 2.24) is 9.97 Å². The van der Waals surface area contributed by atoms with Crippen LogP contribution >= 0.6 is 11.6 Å². The zero-order chi connectivity index (χ0) is 11.3. The third-order valence-corrected chi connectivity index (χ3v) is 2.40. The topological polar surface area (TPSA) is 47.0 Å². The van der Waals surface area contributed by atoms with Crippen LogP contribution in [0.3, 0.4) is 0 Å². The molecule has 2 rings (SSSR count). The number of hydrogen-bond acceptors (Lipinski definition) is 4. The average molecular weight is 230 g/mol. The predicted octanol–water partition coefficient (Wildman–Crippen LogP) is 2.28. The van der Waals surface area contributed by atoms with Crippen LogP contribution in [0.4, 0.5) is 5.82 Å². The van der Waals surface area contributed by atoms with Crippen LogP contribution in [0.25, 0.3) is 0 Å². The Morgan fingerprint density at radius 1 is 1.40 bits per heavy atom. The number of nitrogens with zero attached hydrogens (tertiary/aromatic N) is 2. The van der Waals surface area contributed by atoms with Crippen LogP contribution < -0.4 is 5.32 Å². The van der Waals surface area contributed by atoms with E-state index in [9.17, 15) is 0 Å². The molecular weight excluding hydrogens is 214 g/mol.